The van der Waals surface area contributed by atoms with E-state index >= 15 is 0 Å². The molecule has 2 aromatic carbocycles. The minimum Gasteiger partial charge on any atom is -0.545 e. The molecule has 0 radical (unpaired) electrons. The first-order valence-electron chi connectivity index (χ1n) is 5.34. The van der Waals surface area contributed by atoms with Crippen molar-refractivity contribution in [1.29, 1.82) is 0 Å². The number of anilines is 1. The second-order valence-corrected chi connectivity index (χ2v) is 3.53. The van der Waals surface area contributed by atoms with Crippen molar-refractivity contribution in [3.63, 3.8) is 0 Å². The Bertz CT molecular complexity index is 576. The van der Waals surface area contributed by atoms with E-state index in [1.807, 2.05) is 0 Å². The van der Waals surface area contributed by atoms with E-state index < -0.39 is 11.9 Å². The predicted octanol–water partition coefficient (Wildman–Crippen LogP) is -6.31. The topological polar surface area (TPSA) is 106 Å². The van der Waals surface area contributed by atoms with E-state index in [0.717, 1.165) is 0 Å². The Labute approximate surface area is 166 Å². The zero-order valence-corrected chi connectivity index (χ0v) is 15.9. The minimum atomic E-state index is -1.24. The second kappa shape index (κ2) is 11.8. The van der Waals surface area contributed by atoms with Crippen LogP contribution in [-0.4, -0.2) is 11.9 Å². The molecule has 21 heavy (non-hydrogen) atoms. The van der Waals surface area contributed by atoms with Gasteiger partial charge in [0.25, 0.3) is 0 Å². The average molecular weight is 303 g/mol. The third-order valence-electron chi connectivity index (χ3n) is 2.19. The van der Waals surface area contributed by atoms with Crippen molar-refractivity contribution in [2.24, 2.45) is 0 Å². The van der Waals surface area contributed by atoms with Gasteiger partial charge in [-0.25, -0.2) is 0 Å². The monoisotopic (exact) mass is 303 g/mol. The van der Waals surface area contributed by atoms with Crippen molar-refractivity contribution < 1.29 is 78.9 Å². The average Bonchev–Trinajstić information content (AvgIpc) is 2.40. The molecule has 0 saturated heterocycles. The molecule has 0 aromatic heterocycles. The molecule has 2 N–H and O–H groups in total. The van der Waals surface area contributed by atoms with Crippen LogP contribution in [0, 0.1) is 0 Å². The van der Waals surface area contributed by atoms with Gasteiger partial charge in [0.15, 0.2) is 0 Å². The fourth-order valence-corrected chi connectivity index (χ4v) is 1.26. The van der Waals surface area contributed by atoms with Crippen molar-refractivity contribution in [3.05, 3.63) is 65.7 Å². The van der Waals surface area contributed by atoms with Crippen LogP contribution in [-0.2, 0) is 0 Å². The maximum absolute atomic E-state index is 10.2. The molecule has 0 fully saturated rings. The van der Waals surface area contributed by atoms with Gasteiger partial charge in [0, 0.05) is 11.3 Å². The molecule has 5 nitrogen and oxygen atoms in total. The third-order valence-corrected chi connectivity index (χ3v) is 2.19. The maximum Gasteiger partial charge on any atom is 1.00 e. The molecule has 98 valence electrons. The SMILES string of the molecule is Nc1ccccc1C(=O)[O-].O=C([O-])c1ccccc1.[Na+].[Na+]. The van der Waals surface area contributed by atoms with Crippen LogP contribution in [0.2, 0.25) is 0 Å². The summed E-state index contributed by atoms with van der Waals surface area (Å²) in [6.45, 7) is 0. The number of carboxylic acids is 2. The van der Waals surface area contributed by atoms with Gasteiger partial charge in [-0.3, -0.25) is 0 Å². The number of hydrogen-bond donors (Lipinski definition) is 1. The van der Waals surface area contributed by atoms with Crippen molar-refractivity contribution in [2.75, 3.05) is 5.73 Å². The van der Waals surface area contributed by atoms with Gasteiger partial charge in [-0.1, -0.05) is 48.5 Å². The third kappa shape index (κ3) is 8.26. The summed E-state index contributed by atoms with van der Waals surface area (Å²) in [5.74, 6) is -2.37. The number of para-hydroxylation sites is 1. The van der Waals surface area contributed by atoms with E-state index in [-0.39, 0.29) is 75.9 Å². The number of carbonyl (C=O) groups excluding carboxylic acids is 2. The van der Waals surface area contributed by atoms with E-state index in [1.54, 1.807) is 30.3 Å². The standard InChI is InChI=1S/C7H7NO2.C7H6O2.2Na/c8-6-4-2-1-3-5(6)7(9)10;8-7(9)6-4-2-1-3-5-6;;/h1-4H,8H2,(H,9,10);1-5H,(H,8,9);;/q;;2*+1/p-2. The number of nitrogens with two attached hydrogens (primary N) is 1. The van der Waals surface area contributed by atoms with Crippen molar-refractivity contribution in [1.82, 2.24) is 0 Å². The zero-order chi connectivity index (χ0) is 14.3. The van der Waals surface area contributed by atoms with Crippen molar-refractivity contribution in [2.45, 2.75) is 0 Å². The van der Waals surface area contributed by atoms with E-state index in [2.05, 4.69) is 0 Å². The molecule has 0 spiro atoms. The molecular weight excluding hydrogens is 292 g/mol. The van der Waals surface area contributed by atoms with Crippen molar-refractivity contribution >= 4 is 17.6 Å². The Hall–Kier alpha value is -0.820. The molecule has 2 rings (SSSR count). The first-order chi connectivity index (χ1) is 9.02. The summed E-state index contributed by atoms with van der Waals surface area (Å²) in [6, 6.07) is 14.3. The van der Waals surface area contributed by atoms with Gasteiger partial charge in [-0.05, 0) is 11.6 Å². The summed E-state index contributed by atoms with van der Waals surface area (Å²) in [7, 11) is 0. The molecule has 0 aliphatic heterocycles. The van der Waals surface area contributed by atoms with Crippen LogP contribution in [0.5, 0.6) is 0 Å². The molecule has 0 unspecified atom stereocenters. The first kappa shape index (κ1) is 22.5. The predicted molar refractivity (Wildman–Crippen MR) is 66.0 cm³/mol. The van der Waals surface area contributed by atoms with Crippen LogP contribution in [0.15, 0.2) is 54.6 Å². The van der Waals surface area contributed by atoms with Crippen LogP contribution in [0.4, 0.5) is 5.69 Å². The van der Waals surface area contributed by atoms with Crippen LogP contribution in [0.1, 0.15) is 20.7 Å². The van der Waals surface area contributed by atoms with Crippen LogP contribution in [0.25, 0.3) is 0 Å². The molecular formula is C14H11NNa2O4. The zero-order valence-electron chi connectivity index (χ0n) is 11.9. The van der Waals surface area contributed by atoms with Crippen LogP contribution >= 0.6 is 0 Å². The summed E-state index contributed by atoms with van der Waals surface area (Å²) in [5, 5.41) is 20.3. The number of benzene rings is 2. The van der Waals surface area contributed by atoms with E-state index in [4.69, 9.17) is 5.73 Å². The summed E-state index contributed by atoms with van der Waals surface area (Å²) >= 11 is 0. The normalized spacial score (nSPS) is 8.19. The molecule has 2 aromatic rings. The molecule has 0 atom stereocenters. The Kier molecular flexibility index (Phi) is 12.6. The summed E-state index contributed by atoms with van der Waals surface area (Å²) in [6.07, 6.45) is 0. The Balaban J connectivity index is 0. The molecule has 0 heterocycles. The summed E-state index contributed by atoms with van der Waals surface area (Å²) < 4.78 is 0. The molecule has 0 aliphatic carbocycles. The Morgan fingerprint density at radius 1 is 0.762 bits per heavy atom. The van der Waals surface area contributed by atoms with E-state index in [1.165, 1.54) is 24.3 Å². The van der Waals surface area contributed by atoms with Crippen LogP contribution < -0.4 is 75.1 Å². The summed E-state index contributed by atoms with van der Waals surface area (Å²) in [4.78, 5) is 20.3. The number of carbonyl (C=O) groups is 2. The van der Waals surface area contributed by atoms with Gasteiger partial charge < -0.3 is 25.5 Å². The van der Waals surface area contributed by atoms with Gasteiger partial charge in [0.2, 0.25) is 0 Å². The molecule has 0 saturated carbocycles. The summed E-state index contributed by atoms with van der Waals surface area (Å²) in [5.41, 5.74) is 5.80. The van der Waals surface area contributed by atoms with Gasteiger partial charge >= 0.3 is 59.1 Å². The smallest absolute Gasteiger partial charge is 0.545 e. The molecule has 0 aliphatic rings. The number of carboxylic acid groups (broad SMARTS) is 2. The Morgan fingerprint density at radius 2 is 1.24 bits per heavy atom. The van der Waals surface area contributed by atoms with E-state index in [9.17, 15) is 19.8 Å². The first-order valence-corrected chi connectivity index (χ1v) is 5.34. The number of rotatable bonds is 2. The molecule has 0 amide bonds. The fraction of sp³-hybridized carbons (Fsp3) is 0. The Morgan fingerprint density at radius 3 is 1.57 bits per heavy atom. The minimum absolute atomic E-state index is 0. The van der Waals surface area contributed by atoms with Gasteiger partial charge in [-0.15, -0.1) is 0 Å². The second-order valence-electron chi connectivity index (χ2n) is 3.53. The van der Waals surface area contributed by atoms with Gasteiger partial charge in [-0.2, -0.15) is 0 Å². The van der Waals surface area contributed by atoms with Gasteiger partial charge in [0.05, 0.1) is 11.9 Å². The number of nitrogen functional groups attached to an aromatic ring is 1. The quantitative estimate of drug-likeness (QED) is 0.439. The maximum atomic E-state index is 10.2. The fourth-order valence-electron chi connectivity index (χ4n) is 1.26. The molecule has 0 bridgehead atoms. The van der Waals surface area contributed by atoms with Crippen LogP contribution in [0.3, 0.4) is 0 Å². The van der Waals surface area contributed by atoms with E-state index in [0.29, 0.717) is 0 Å². The molecule has 7 heteroatoms. The van der Waals surface area contributed by atoms with Crippen molar-refractivity contribution in [3.8, 4) is 0 Å². The number of hydrogen-bond acceptors (Lipinski definition) is 5. The van der Waals surface area contributed by atoms with Gasteiger partial charge in [0.1, 0.15) is 0 Å². The largest absolute Gasteiger partial charge is 1.00 e. The number of aromatic carboxylic acids is 2.